The first-order chi connectivity index (χ1) is 21.3. The van der Waals surface area contributed by atoms with Gasteiger partial charge in [0.15, 0.2) is 0 Å². The van der Waals surface area contributed by atoms with Gasteiger partial charge in [-0.1, -0.05) is 84.6 Å². The van der Waals surface area contributed by atoms with E-state index in [4.69, 9.17) is 0 Å². The second kappa shape index (κ2) is 13.9. The zero-order valence-corrected chi connectivity index (χ0v) is 26.4. The molecular formula is C42H53N. The number of hydrogen-bond acceptors (Lipinski definition) is 1. The highest BCUT2D eigenvalue weighted by Crippen LogP contribution is 2.41. The third-order valence-corrected chi connectivity index (χ3v) is 11.5. The molecule has 0 saturated carbocycles. The van der Waals surface area contributed by atoms with Gasteiger partial charge in [-0.3, -0.25) is 0 Å². The predicted molar refractivity (Wildman–Crippen MR) is 183 cm³/mol. The van der Waals surface area contributed by atoms with Gasteiger partial charge in [0.1, 0.15) is 0 Å². The average molecular weight is 572 g/mol. The molecule has 0 aromatic rings. The Labute approximate surface area is 262 Å². The van der Waals surface area contributed by atoms with Gasteiger partial charge in [-0.25, -0.2) is 0 Å². The monoisotopic (exact) mass is 571 g/mol. The second-order valence-corrected chi connectivity index (χ2v) is 14.2. The Kier molecular flexibility index (Phi) is 9.34. The maximum absolute atomic E-state index is 2.74. The van der Waals surface area contributed by atoms with Crippen molar-refractivity contribution in [1.82, 2.24) is 4.90 Å². The van der Waals surface area contributed by atoms with Crippen molar-refractivity contribution in [3.05, 3.63) is 119 Å². The highest BCUT2D eigenvalue weighted by molar-refractivity contribution is 5.40. The van der Waals surface area contributed by atoms with Crippen LogP contribution in [0.4, 0.5) is 0 Å². The Bertz CT molecular complexity index is 1320. The topological polar surface area (TPSA) is 3.24 Å². The Morgan fingerprint density at radius 3 is 1.95 bits per heavy atom. The zero-order chi connectivity index (χ0) is 28.8. The van der Waals surface area contributed by atoms with E-state index in [1.807, 2.05) is 0 Å². The summed E-state index contributed by atoms with van der Waals surface area (Å²) < 4.78 is 0. The van der Waals surface area contributed by atoms with Crippen molar-refractivity contribution in [2.45, 2.75) is 109 Å². The van der Waals surface area contributed by atoms with E-state index in [2.05, 4.69) is 96.0 Å². The van der Waals surface area contributed by atoms with Crippen molar-refractivity contribution in [3.8, 4) is 0 Å². The summed E-state index contributed by atoms with van der Waals surface area (Å²) in [7, 11) is 0. The standard InChI is InChI=1S/C42H53N/c1-4-11-32(12-5-1)35-19-25-40(26-20-35)43(41-27-21-36(22-28-41)33-13-6-2-7-14-33)42-29-23-37(24-30-42)39-18-10-17-38(31-39)34-15-8-3-9-16-34/h1,4,6,8,11,13,15,19,21,23,27-31,33-34,36-38,40H,2-3,5,7,9-10,12,14,16-18,20,22,24-26H2. The highest BCUT2D eigenvalue weighted by atomic mass is 15.2. The summed E-state index contributed by atoms with van der Waals surface area (Å²) in [5.74, 6) is 3.51. The molecule has 43 heavy (non-hydrogen) atoms. The first-order valence-electron chi connectivity index (χ1n) is 18.0. The molecule has 6 atom stereocenters. The Balaban J connectivity index is 1.09. The summed E-state index contributed by atoms with van der Waals surface area (Å²) in [5.41, 5.74) is 7.78. The van der Waals surface area contributed by atoms with Gasteiger partial charge in [-0.2, -0.15) is 0 Å². The van der Waals surface area contributed by atoms with E-state index < -0.39 is 0 Å². The molecule has 0 fully saturated rings. The molecule has 0 aromatic carbocycles. The van der Waals surface area contributed by atoms with Crippen LogP contribution in [0.3, 0.4) is 0 Å². The first kappa shape index (κ1) is 28.9. The minimum absolute atomic E-state index is 0.536. The predicted octanol–water partition coefficient (Wildman–Crippen LogP) is 11.4. The molecule has 6 unspecified atom stereocenters. The van der Waals surface area contributed by atoms with E-state index in [0.717, 1.165) is 30.6 Å². The molecule has 1 heteroatoms. The summed E-state index contributed by atoms with van der Waals surface area (Å²) in [6, 6.07) is 0.536. The Hall–Kier alpha value is -2.80. The van der Waals surface area contributed by atoms with Crippen LogP contribution in [0.15, 0.2) is 119 Å². The van der Waals surface area contributed by atoms with Crippen LogP contribution in [0.2, 0.25) is 0 Å². The summed E-state index contributed by atoms with van der Waals surface area (Å²) in [6.45, 7) is 0. The molecule has 0 N–H and O–H groups in total. The van der Waals surface area contributed by atoms with E-state index in [-0.39, 0.29) is 0 Å². The maximum Gasteiger partial charge on any atom is 0.0379 e. The van der Waals surface area contributed by atoms with Crippen molar-refractivity contribution in [2.24, 2.45) is 29.6 Å². The molecule has 7 aliphatic carbocycles. The maximum atomic E-state index is 2.74. The molecule has 0 aromatic heterocycles. The van der Waals surface area contributed by atoms with E-state index in [1.54, 1.807) is 16.7 Å². The molecule has 1 nitrogen and oxygen atoms in total. The van der Waals surface area contributed by atoms with Crippen molar-refractivity contribution in [1.29, 1.82) is 0 Å². The fraction of sp³-hybridized carbons (Fsp3) is 0.524. The summed E-state index contributed by atoms with van der Waals surface area (Å²) >= 11 is 0. The van der Waals surface area contributed by atoms with E-state index in [0.29, 0.717) is 17.9 Å². The number of nitrogens with zero attached hydrogens (tertiary/aromatic N) is 1. The fourth-order valence-electron chi connectivity index (χ4n) is 8.99. The molecule has 7 aliphatic rings. The molecule has 0 radical (unpaired) electrons. The van der Waals surface area contributed by atoms with Crippen molar-refractivity contribution in [3.63, 3.8) is 0 Å². The average Bonchev–Trinajstić information content (AvgIpc) is 3.10. The minimum atomic E-state index is 0.536. The lowest BCUT2D eigenvalue weighted by Gasteiger charge is -2.40. The zero-order valence-electron chi connectivity index (χ0n) is 26.4. The summed E-state index contributed by atoms with van der Waals surface area (Å²) in [5, 5.41) is 0. The third-order valence-electron chi connectivity index (χ3n) is 11.5. The SMILES string of the molecule is C1=CCCC(C2=CCC(N(C3=CCC(C4=CC(C5C=CCCC5)CCC4)C=C3)C3=CCC(C4C=CCCC4)C=C3)CC2)=C1. The van der Waals surface area contributed by atoms with Crippen LogP contribution in [0.1, 0.15) is 103 Å². The molecule has 0 amide bonds. The van der Waals surface area contributed by atoms with Gasteiger partial charge >= 0.3 is 0 Å². The number of allylic oxidation sites excluding steroid dienone is 17. The summed E-state index contributed by atoms with van der Waals surface area (Å²) in [4.78, 5) is 2.74. The molecule has 0 spiro atoms. The molecule has 7 rings (SSSR count). The van der Waals surface area contributed by atoms with Crippen molar-refractivity contribution >= 4 is 0 Å². The van der Waals surface area contributed by atoms with Gasteiger partial charge in [0.25, 0.3) is 0 Å². The molecule has 0 aliphatic heterocycles. The van der Waals surface area contributed by atoms with Crippen molar-refractivity contribution in [2.75, 3.05) is 0 Å². The lowest BCUT2D eigenvalue weighted by Crippen LogP contribution is -2.35. The largest absolute Gasteiger partial charge is 0.339 e. The van der Waals surface area contributed by atoms with Crippen LogP contribution in [0.5, 0.6) is 0 Å². The fourth-order valence-corrected chi connectivity index (χ4v) is 8.99. The Morgan fingerprint density at radius 2 is 1.33 bits per heavy atom. The van der Waals surface area contributed by atoms with Crippen LogP contribution in [-0.4, -0.2) is 10.9 Å². The van der Waals surface area contributed by atoms with Crippen LogP contribution in [0.25, 0.3) is 0 Å². The van der Waals surface area contributed by atoms with Crippen LogP contribution >= 0.6 is 0 Å². The van der Waals surface area contributed by atoms with Gasteiger partial charge in [-0.15, -0.1) is 0 Å². The van der Waals surface area contributed by atoms with Crippen molar-refractivity contribution < 1.29 is 0 Å². The van der Waals surface area contributed by atoms with Crippen LogP contribution in [0, 0.1) is 29.6 Å². The van der Waals surface area contributed by atoms with Gasteiger partial charge in [-0.05, 0) is 150 Å². The van der Waals surface area contributed by atoms with E-state index >= 15 is 0 Å². The molecule has 0 bridgehead atoms. The van der Waals surface area contributed by atoms with Crippen LogP contribution < -0.4 is 0 Å². The lowest BCUT2D eigenvalue weighted by molar-refractivity contribution is 0.297. The summed E-state index contributed by atoms with van der Waals surface area (Å²) in [6.07, 6.45) is 57.8. The lowest BCUT2D eigenvalue weighted by atomic mass is 9.74. The first-order valence-corrected chi connectivity index (χ1v) is 18.0. The van der Waals surface area contributed by atoms with Crippen LogP contribution in [-0.2, 0) is 0 Å². The van der Waals surface area contributed by atoms with E-state index in [9.17, 15) is 0 Å². The normalized spacial score (nSPS) is 34.2. The quantitative estimate of drug-likeness (QED) is 0.275. The second-order valence-electron chi connectivity index (χ2n) is 14.2. The molecule has 0 saturated heterocycles. The number of hydrogen-bond donors (Lipinski definition) is 0. The molecular weight excluding hydrogens is 518 g/mol. The molecule has 0 heterocycles. The van der Waals surface area contributed by atoms with Gasteiger partial charge in [0.05, 0.1) is 0 Å². The molecule has 226 valence electrons. The van der Waals surface area contributed by atoms with Gasteiger partial charge in [0, 0.05) is 23.4 Å². The smallest absolute Gasteiger partial charge is 0.0379 e. The van der Waals surface area contributed by atoms with Gasteiger partial charge in [0.2, 0.25) is 0 Å². The number of rotatable bonds is 7. The highest BCUT2D eigenvalue weighted by Gasteiger charge is 2.30. The third kappa shape index (κ3) is 6.82. The Morgan fingerprint density at radius 1 is 0.558 bits per heavy atom. The minimum Gasteiger partial charge on any atom is -0.339 e. The van der Waals surface area contributed by atoms with E-state index in [1.165, 1.54) is 101 Å². The van der Waals surface area contributed by atoms with Gasteiger partial charge < -0.3 is 4.90 Å².